The molecule has 1 amide bonds. The topological polar surface area (TPSA) is 102 Å². The molecule has 0 unspecified atom stereocenters. The van der Waals surface area contributed by atoms with E-state index in [2.05, 4.69) is 10.1 Å². The van der Waals surface area contributed by atoms with E-state index >= 15 is 0 Å². The fourth-order valence-electron chi connectivity index (χ4n) is 2.96. The first kappa shape index (κ1) is 20.4. The van der Waals surface area contributed by atoms with Gasteiger partial charge in [-0.05, 0) is 49.7 Å². The SMILES string of the molecule is Cc1ccc(C(=O)N(/N=C/c2ccc([N+](=O)[O-])o2)c2nc3ccc(F)cc3s2)c(C)c1. The van der Waals surface area contributed by atoms with E-state index in [0.717, 1.165) is 27.5 Å². The van der Waals surface area contributed by atoms with Gasteiger partial charge in [0.05, 0.1) is 22.5 Å². The number of halogens is 1. The van der Waals surface area contributed by atoms with Crippen molar-refractivity contribution >= 4 is 44.7 Å². The molecule has 4 aromatic rings. The number of nitro groups is 1. The van der Waals surface area contributed by atoms with Crippen LogP contribution in [0.4, 0.5) is 15.4 Å². The minimum atomic E-state index is -0.669. The molecule has 0 fully saturated rings. The Morgan fingerprint density at radius 2 is 2.03 bits per heavy atom. The lowest BCUT2D eigenvalue weighted by molar-refractivity contribution is -0.402. The lowest BCUT2D eigenvalue weighted by atomic mass is 10.1. The van der Waals surface area contributed by atoms with Gasteiger partial charge in [0, 0.05) is 5.56 Å². The van der Waals surface area contributed by atoms with Crippen LogP contribution in [0.2, 0.25) is 0 Å². The van der Waals surface area contributed by atoms with Crippen LogP contribution >= 0.6 is 11.3 Å². The van der Waals surface area contributed by atoms with E-state index in [1.807, 2.05) is 26.0 Å². The maximum absolute atomic E-state index is 13.6. The van der Waals surface area contributed by atoms with Crippen molar-refractivity contribution < 1.29 is 18.5 Å². The molecule has 2 aromatic heterocycles. The molecule has 156 valence electrons. The zero-order valence-electron chi connectivity index (χ0n) is 16.4. The zero-order chi connectivity index (χ0) is 22.1. The Labute approximate surface area is 179 Å². The van der Waals surface area contributed by atoms with Crippen molar-refractivity contribution in [3.05, 3.63) is 86.9 Å². The van der Waals surface area contributed by atoms with Crippen LogP contribution in [-0.2, 0) is 0 Å². The molecule has 4 rings (SSSR count). The number of carbonyl (C=O) groups excluding carboxylic acids is 1. The predicted molar refractivity (Wildman–Crippen MR) is 115 cm³/mol. The molecule has 31 heavy (non-hydrogen) atoms. The number of furan rings is 1. The number of fused-ring (bicyclic) bond motifs is 1. The predicted octanol–water partition coefficient (Wildman–Crippen LogP) is 5.23. The molecule has 0 saturated heterocycles. The summed E-state index contributed by atoms with van der Waals surface area (Å²) in [5.74, 6) is -1.21. The monoisotopic (exact) mass is 438 g/mol. The molecular weight excluding hydrogens is 423 g/mol. The second-order valence-electron chi connectivity index (χ2n) is 6.72. The smallest absolute Gasteiger partial charge is 0.400 e. The van der Waals surface area contributed by atoms with Crippen LogP contribution in [0, 0.1) is 29.8 Å². The Hall–Kier alpha value is -3.92. The van der Waals surface area contributed by atoms with Crippen molar-refractivity contribution in [2.24, 2.45) is 5.10 Å². The van der Waals surface area contributed by atoms with Crippen LogP contribution in [0.15, 0.2) is 58.0 Å². The first-order chi connectivity index (χ1) is 14.8. The molecule has 0 aliphatic carbocycles. The van der Waals surface area contributed by atoms with Gasteiger partial charge in [0.2, 0.25) is 5.13 Å². The minimum Gasteiger partial charge on any atom is -0.400 e. The molecule has 0 aliphatic heterocycles. The Morgan fingerprint density at radius 3 is 2.74 bits per heavy atom. The van der Waals surface area contributed by atoms with E-state index < -0.39 is 22.5 Å². The van der Waals surface area contributed by atoms with Crippen LogP contribution in [0.3, 0.4) is 0 Å². The zero-order valence-corrected chi connectivity index (χ0v) is 17.2. The van der Waals surface area contributed by atoms with Gasteiger partial charge in [-0.3, -0.25) is 14.9 Å². The summed E-state index contributed by atoms with van der Waals surface area (Å²) in [5.41, 5.74) is 2.69. The molecule has 0 spiro atoms. The number of amides is 1. The van der Waals surface area contributed by atoms with Gasteiger partial charge in [0.15, 0.2) is 5.76 Å². The minimum absolute atomic E-state index is 0.0947. The second-order valence-corrected chi connectivity index (χ2v) is 7.73. The number of aromatic nitrogens is 1. The number of hydrogen-bond donors (Lipinski definition) is 0. The number of benzene rings is 2. The fourth-order valence-corrected chi connectivity index (χ4v) is 3.90. The molecular formula is C21H15FN4O4S. The van der Waals surface area contributed by atoms with E-state index in [1.54, 1.807) is 6.07 Å². The van der Waals surface area contributed by atoms with Gasteiger partial charge in [-0.2, -0.15) is 10.1 Å². The summed E-state index contributed by atoms with van der Waals surface area (Å²) >= 11 is 1.10. The summed E-state index contributed by atoms with van der Waals surface area (Å²) in [6, 6.07) is 12.1. The number of hydrogen-bond acceptors (Lipinski definition) is 7. The summed E-state index contributed by atoms with van der Waals surface area (Å²) < 4.78 is 19.2. The van der Waals surface area contributed by atoms with E-state index in [0.29, 0.717) is 15.8 Å². The number of nitrogens with zero attached hydrogens (tertiary/aromatic N) is 4. The van der Waals surface area contributed by atoms with Crippen LogP contribution < -0.4 is 5.01 Å². The molecule has 0 radical (unpaired) electrons. The quantitative estimate of drug-likeness (QED) is 0.241. The number of thiazole rings is 1. The highest BCUT2D eigenvalue weighted by Crippen LogP contribution is 2.31. The number of anilines is 1. The summed E-state index contributed by atoms with van der Waals surface area (Å²) in [7, 11) is 0. The lowest BCUT2D eigenvalue weighted by Gasteiger charge is -2.15. The second kappa shape index (κ2) is 8.07. The van der Waals surface area contributed by atoms with Gasteiger partial charge in [0.25, 0.3) is 5.91 Å². The van der Waals surface area contributed by atoms with E-state index in [1.165, 1.54) is 36.5 Å². The first-order valence-electron chi connectivity index (χ1n) is 9.08. The van der Waals surface area contributed by atoms with Crippen molar-refractivity contribution in [2.45, 2.75) is 13.8 Å². The Kier molecular flexibility index (Phi) is 5.30. The average molecular weight is 438 g/mol. The van der Waals surface area contributed by atoms with E-state index in [-0.39, 0.29) is 10.9 Å². The lowest BCUT2D eigenvalue weighted by Crippen LogP contribution is -2.26. The molecule has 0 bridgehead atoms. The van der Waals surface area contributed by atoms with Crippen molar-refractivity contribution in [3.8, 4) is 0 Å². The first-order valence-corrected chi connectivity index (χ1v) is 9.89. The Balaban J connectivity index is 1.77. The average Bonchev–Trinajstić information content (AvgIpc) is 3.35. The normalized spacial score (nSPS) is 11.3. The third-order valence-electron chi connectivity index (χ3n) is 4.42. The number of carbonyl (C=O) groups is 1. The van der Waals surface area contributed by atoms with Crippen LogP contribution in [0.5, 0.6) is 0 Å². The van der Waals surface area contributed by atoms with Crippen LogP contribution in [-0.4, -0.2) is 22.0 Å². The largest absolute Gasteiger partial charge is 0.433 e. The van der Waals surface area contributed by atoms with Crippen molar-refractivity contribution in [1.29, 1.82) is 0 Å². The van der Waals surface area contributed by atoms with Gasteiger partial charge in [0.1, 0.15) is 10.7 Å². The van der Waals surface area contributed by atoms with E-state index in [4.69, 9.17) is 4.42 Å². The third kappa shape index (κ3) is 4.19. The molecule has 0 atom stereocenters. The molecule has 0 N–H and O–H groups in total. The number of rotatable bonds is 5. The summed E-state index contributed by atoms with van der Waals surface area (Å²) in [4.78, 5) is 27.9. The van der Waals surface area contributed by atoms with Crippen molar-refractivity contribution in [3.63, 3.8) is 0 Å². The molecule has 2 aromatic carbocycles. The van der Waals surface area contributed by atoms with Crippen LogP contribution in [0.25, 0.3) is 10.2 Å². The molecule has 2 heterocycles. The van der Waals surface area contributed by atoms with Gasteiger partial charge in [-0.1, -0.05) is 29.0 Å². The Bertz CT molecular complexity index is 1340. The molecule has 0 aliphatic rings. The molecule has 8 nitrogen and oxygen atoms in total. The highest BCUT2D eigenvalue weighted by atomic mass is 32.1. The van der Waals surface area contributed by atoms with Crippen LogP contribution in [0.1, 0.15) is 27.2 Å². The summed E-state index contributed by atoms with van der Waals surface area (Å²) in [6.45, 7) is 3.73. The van der Waals surface area contributed by atoms with Gasteiger partial charge >= 0.3 is 5.88 Å². The third-order valence-corrected chi connectivity index (χ3v) is 5.41. The molecule has 10 heteroatoms. The van der Waals surface area contributed by atoms with Gasteiger partial charge in [-0.25, -0.2) is 9.37 Å². The van der Waals surface area contributed by atoms with Gasteiger partial charge in [-0.15, -0.1) is 0 Å². The number of hydrazone groups is 1. The highest BCUT2D eigenvalue weighted by molar-refractivity contribution is 7.22. The summed E-state index contributed by atoms with van der Waals surface area (Å²) in [5, 5.41) is 16.3. The van der Waals surface area contributed by atoms with Gasteiger partial charge < -0.3 is 4.42 Å². The Morgan fingerprint density at radius 1 is 1.23 bits per heavy atom. The standard InChI is InChI=1S/C21H15FN4O4S/c1-12-3-6-16(13(2)9-12)20(27)25(23-11-15-5-8-19(30-15)26(28)29)21-24-17-7-4-14(22)10-18(17)31-21/h3-11H,1-2H3/b23-11+. The van der Waals surface area contributed by atoms with Crippen molar-refractivity contribution in [1.82, 2.24) is 4.98 Å². The molecule has 0 saturated carbocycles. The van der Waals surface area contributed by atoms with E-state index in [9.17, 15) is 19.3 Å². The fraction of sp³-hybridized carbons (Fsp3) is 0.0952. The highest BCUT2D eigenvalue weighted by Gasteiger charge is 2.23. The number of aryl methyl sites for hydroxylation is 2. The van der Waals surface area contributed by atoms with Crippen molar-refractivity contribution in [2.75, 3.05) is 5.01 Å². The maximum Gasteiger partial charge on any atom is 0.433 e. The maximum atomic E-state index is 13.6. The summed E-state index contributed by atoms with van der Waals surface area (Å²) in [6.07, 6.45) is 1.20.